The summed E-state index contributed by atoms with van der Waals surface area (Å²) in [6.07, 6.45) is 0. The van der Waals surface area contributed by atoms with Crippen LogP contribution in [0.5, 0.6) is 11.5 Å². The molecule has 2 atom stereocenters. The van der Waals surface area contributed by atoms with Crippen molar-refractivity contribution in [2.75, 3.05) is 17.2 Å². The normalized spacial score (nSPS) is 16.7. The summed E-state index contributed by atoms with van der Waals surface area (Å²) in [4.78, 5) is 95.8. The molecule has 2 aliphatic heterocycles. The fraction of sp³-hybridized carbons (Fsp3) is 0.258. The predicted molar refractivity (Wildman–Crippen MR) is 200 cm³/mol. The zero-order chi connectivity index (χ0) is 42.1. The van der Waals surface area contributed by atoms with E-state index >= 15 is 0 Å². The molecule has 0 bridgehead atoms. The van der Waals surface area contributed by atoms with Crippen molar-refractivity contribution in [2.45, 2.75) is 42.5 Å². The third-order valence-electron chi connectivity index (χ3n) is 8.15. The van der Waals surface area contributed by atoms with Gasteiger partial charge < -0.3 is 36.3 Å². The number of rotatable bonds is 13. The number of aliphatic carboxylic acids is 1. The van der Waals surface area contributed by atoms with Gasteiger partial charge in [-0.3, -0.25) is 44.9 Å². The van der Waals surface area contributed by atoms with Crippen LogP contribution < -0.4 is 27.4 Å². The summed E-state index contributed by atoms with van der Waals surface area (Å²) in [5.74, 6) is -6.96. The molecule has 27 heteroatoms. The van der Waals surface area contributed by atoms with Crippen molar-refractivity contribution in [3.63, 3.8) is 0 Å². The van der Waals surface area contributed by atoms with E-state index in [0.29, 0.717) is 5.57 Å². The maximum atomic E-state index is 13.7. The van der Waals surface area contributed by atoms with Gasteiger partial charge in [-0.25, -0.2) is 20.2 Å². The number of benzene rings is 1. The van der Waals surface area contributed by atoms with Crippen molar-refractivity contribution in [3.8, 4) is 11.5 Å². The molecular formula is C31H30N12O12S3. The van der Waals surface area contributed by atoms with E-state index in [2.05, 4.69) is 41.4 Å². The molecule has 24 nitrogen and oxygen atoms in total. The summed E-state index contributed by atoms with van der Waals surface area (Å²) in [5, 5.41) is 59.3. The molecule has 3 aromatic heterocycles. The molecule has 0 spiro atoms. The van der Waals surface area contributed by atoms with Crippen molar-refractivity contribution in [3.05, 3.63) is 63.7 Å². The number of aliphatic hydroxyl groups is 1. The summed E-state index contributed by atoms with van der Waals surface area (Å²) in [6, 6.07) is 3.27. The highest BCUT2D eigenvalue weighted by Crippen LogP contribution is 2.42. The summed E-state index contributed by atoms with van der Waals surface area (Å²) >= 11 is 3.13. The Morgan fingerprint density at radius 3 is 2.48 bits per heavy atom. The number of hydrogen-bond acceptors (Lipinski definition) is 20. The first kappa shape index (κ1) is 41.1. The average Bonchev–Trinajstić information content (AvgIpc) is 3.83. The molecule has 58 heavy (non-hydrogen) atoms. The van der Waals surface area contributed by atoms with Gasteiger partial charge >= 0.3 is 5.97 Å². The molecule has 1 aromatic carbocycles. The number of phenols is 2. The number of fused-ring (bicyclic) bond motifs is 2. The average molecular weight is 859 g/mol. The van der Waals surface area contributed by atoms with Crippen LogP contribution in [0.2, 0.25) is 0 Å². The summed E-state index contributed by atoms with van der Waals surface area (Å²) in [7, 11) is 0. The zero-order valence-electron chi connectivity index (χ0n) is 29.7. The van der Waals surface area contributed by atoms with Crippen LogP contribution >= 0.6 is 34.9 Å². The first-order valence-corrected chi connectivity index (χ1v) is 19.2. The van der Waals surface area contributed by atoms with Crippen LogP contribution in [0.25, 0.3) is 5.78 Å². The third kappa shape index (κ3) is 8.27. The van der Waals surface area contributed by atoms with Gasteiger partial charge in [0, 0.05) is 28.5 Å². The molecule has 6 rings (SSSR count). The molecule has 5 heterocycles. The van der Waals surface area contributed by atoms with Crippen LogP contribution in [0.3, 0.4) is 0 Å². The molecule has 1 saturated heterocycles. The molecular weight excluding hydrogens is 829 g/mol. The minimum absolute atomic E-state index is 0.0137. The number of anilines is 1. The predicted octanol–water partition coefficient (Wildman–Crippen LogP) is -1.32. The molecule has 0 aliphatic carbocycles. The first-order valence-electron chi connectivity index (χ1n) is 16.3. The van der Waals surface area contributed by atoms with E-state index in [1.165, 1.54) is 41.4 Å². The lowest BCUT2D eigenvalue weighted by Crippen LogP contribution is -2.71. The number of aromatic hydroxyl groups is 2. The van der Waals surface area contributed by atoms with Gasteiger partial charge in [-0.1, -0.05) is 5.16 Å². The number of nitrogens with zero attached hydrogens (tertiary/aromatic N) is 7. The summed E-state index contributed by atoms with van der Waals surface area (Å²) < 4.78 is 1.22. The Morgan fingerprint density at radius 1 is 1.07 bits per heavy atom. The fourth-order valence-electron chi connectivity index (χ4n) is 5.20. The van der Waals surface area contributed by atoms with Crippen LogP contribution in [-0.2, 0) is 30.6 Å². The number of aromatic nitrogens is 5. The number of hydrazine groups is 1. The highest BCUT2D eigenvalue weighted by Gasteiger charge is 2.54. The minimum Gasteiger partial charge on any atom is -0.504 e. The molecule has 11 N–H and O–H groups in total. The number of carbonyl (C=O) groups excluding carboxylic acids is 5. The van der Waals surface area contributed by atoms with Crippen molar-refractivity contribution < 1.29 is 59.2 Å². The van der Waals surface area contributed by atoms with Crippen molar-refractivity contribution >= 4 is 87.0 Å². The van der Waals surface area contributed by atoms with Crippen LogP contribution in [0, 0.1) is 0 Å². The Hall–Kier alpha value is -6.55. The molecule has 1 fully saturated rings. The lowest BCUT2D eigenvalue weighted by molar-refractivity contribution is -0.150. The third-order valence-corrected chi connectivity index (χ3v) is 11.2. The summed E-state index contributed by atoms with van der Waals surface area (Å²) in [6.45, 7) is 1.98. The van der Waals surface area contributed by atoms with Gasteiger partial charge in [0.15, 0.2) is 28.2 Å². The van der Waals surface area contributed by atoms with Gasteiger partial charge in [0.05, 0.1) is 0 Å². The number of oxime groups is 1. The topological polar surface area (TPSA) is 359 Å². The highest BCUT2D eigenvalue weighted by molar-refractivity contribution is 8.01. The number of nitrogen functional groups attached to an aromatic ring is 1. The second-order valence-corrected chi connectivity index (χ2v) is 15.4. The number of thiazole rings is 1. The number of β-lactam (4-membered cyclic amide) rings is 1. The largest absolute Gasteiger partial charge is 0.504 e. The van der Waals surface area contributed by atoms with Crippen molar-refractivity contribution in [1.29, 1.82) is 0 Å². The number of phenolic OH excluding ortho intramolecular Hbond substituents is 2. The van der Waals surface area contributed by atoms with Gasteiger partial charge in [0.2, 0.25) is 5.60 Å². The van der Waals surface area contributed by atoms with E-state index in [9.17, 15) is 49.2 Å². The zero-order valence-corrected chi connectivity index (χ0v) is 32.1. The number of amides is 5. The van der Waals surface area contributed by atoms with E-state index in [1.807, 2.05) is 0 Å². The smallest absolute Gasteiger partial charge is 0.352 e. The van der Waals surface area contributed by atoms with E-state index < -0.39 is 76.3 Å². The highest BCUT2D eigenvalue weighted by atomic mass is 32.2. The maximum Gasteiger partial charge on any atom is 0.352 e. The van der Waals surface area contributed by atoms with Crippen molar-refractivity contribution in [2.24, 2.45) is 5.16 Å². The molecule has 304 valence electrons. The molecule has 0 unspecified atom stereocenters. The molecule has 2 aliphatic rings. The molecule has 0 saturated carbocycles. The van der Waals surface area contributed by atoms with Gasteiger partial charge in [0.25, 0.3) is 35.3 Å². The van der Waals surface area contributed by atoms with Gasteiger partial charge in [-0.2, -0.15) is 9.50 Å². The monoisotopic (exact) mass is 858 g/mol. The Kier molecular flexibility index (Phi) is 11.7. The Morgan fingerprint density at radius 2 is 1.83 bits per heavy atom. The Bertz CT molecular complexity index is 2430. The van der Waals surface area contributed by atoms with Gasteiger partial charge in [0.1, 0.15) is 40.1 Å². The maximum absolute atomic E-state index is 13.7. The summed E-state index contributed by atoms with van der Waals surface area (Å²) in [5.41, 5.74) is 8.72. The lowest BCUT2D eigenvalue weighted by atomic mass is 10.0. The van der Waals surface area contributed by atoms with Crippen LogP contribution in [-0.4, -0.2) is 125 Å². The number of thioether (sulfide) groups is 2. The quantitative estimate of drug-likeness (QED) is 0.0142. The molecule has 5 amide bonds. The number of carboxylic acid groups (broad SMARTS) is 1. The Balaban J connectivity index is 1.16. The minimum atomic E-state index is -1.85. The number of aliphatic hydroxyl groups excluding tert-OH is 1. The number of carboxylic acids is 1. The Labute approximate surface area is 336 Å². The first-order chi connectivity index (χ1) is 27.5. The molecule has 0 radical (unpaired) electrons. The standard InChI is InChI=1S/C31H30N12O12S3/c1-31(2,28(53)38-37-22(47)11-3-4-15(45)16(46)5-11)55-41-19(14-10-58-29(32)33-14)24(49)36-20-25(50)42-21(27(51)52)12(9-57-26(20)42)8-56-18-6-13(23(48)40-54)34-30-35-17(7-44)39-43(18)30/h3-6,10,20,26,44-46,54H,7-9H2,1-2H3,(H2,32,33)(H,36,49)(H,37,47)(H,38,53)(H,40,48)(H,51,52)/t20-,26-/m1/s1. The number of nitrogens with two attached hydrogens (primary N) is 1. The second-order valence-electron chi connectivity index (χ2n) is 12.4. The number of carbonyl (C=O) groups is 6. The second kappa shape index (κ2) is 16.5. The van der Waals surface area contributed by atoms with Gasteiger partial charge in [-0.15, -0.1) is 40.0 Å². The van der Waals surface area contributed by atoms with E-state index in [-0.39, 0.29) is 55.9 Å². The van der Waals surface area contributed by atoms with Gasteiger partial charge in [-0.05, 0) is 37.6 Å². The SMILES string of the molecule is CC(C)(ON=C(C(=O)N[C@@H]1C(=O)N2C(C(=O)O)=C(CSc3cc(C(=O)NO)nc4nc(CO)nn34)CS[C@H]12)c1csc(N)n1)C(=O)NNC(=O)c1ccc(O)c(O)c1. The van der Waals surface area contributed by atoms with E-state index in [1.54, 1.807) is 0 Å². The number of hydroxylamine groups is 1. The van der Waals surface area contributed by atoms with E-state index in [0.717, 1.165) is 51.9 Å². The molecule has 4 aromatic rings. The number of nitrogens with one attached hydrogen (secondary N) is 4. The van der Waals surface area contributed by atoms with Crippen molar-refractivity contribution in [1.82, 2.24) is 51.1 Å². The number of hydrogen-bond donors (Lipinski definition) is 10. The van der Waals surface area contributed by atoms with Crippen LogP contribution in [0.4, 0.5) is 5.13 Å². The van der Waals surface area contributed by atoms with E-state index in [4.69, 9.17) is 15.8 Å². The lowest BCUT2D eigenvalue weighted by Gasteiger charge is -2.49. The van der Waals surface area contributed by atoms with Crippen LogP contribution in [0.1, 0.15) is 46.2 Å². The van der Waals surface area contributed by atoms with Crippen LogP contribution in [0.15, 0.2) is 51.1 Å². The fourth-order valence-corrected chi connectivity index (χ4v) is 8.22.